The molecule has 1 saturated carbocycles. The Hall–Kier alpha value is -4.07. The van der Waals surface area contributed by atoms with Crippen molar-refractivity contribution in [2.24, 2.45) is 13.0 Å². The Morgan fingerprint density at radius 2 is 1.89 bits per heavy atom. The number of aromatic nitrogens is 3. The minimum absolute atomic E-state index is 0.212. The first kappa shape index (κ1) is 24.6. The van der Waals surface area contributed by atoms with Gasteiger partial charge in [-0.05, 0) is 90.8 Å². The lowest BCUT2D eigenvalue weighted by atomic mass is 9.96. The molecule has 1 aliphatic rings. The van der Waals surface area contributed by atoms with Crippen LogP contribution >= 0.6 is 0 Å². The molecular formula is C29H29F2N5O. The fraction of sp³-hybridized carbons (Fsp3) is 0.276. The molecule has 4 aromatic rings. The SMILES string of the molecule is Cc1cc(C(NC(=O)c2cc(Cn3ccn(C)c3=N)cc(-c3cnc(F)cc3C)c2)C2CC2)ccc1F. The number of rotatable bonds is 7. The number of hydrogen-bond acceptors (Lipinski definition) is 3. The molecule has 0 radical (unpaired) electrons. The van der Waals surface area contributed by atoms with Crippen LogP contribution in [0, 0.1) is 36.9 Å². The van der Waals surface area contributed by atoms with E-state index in [2.05, 4.69) is 10.3 Å². The maximum Gasteiger partial charge on any atom is 0.251 e. The Labute approximate surface area is 214 Å². The summed E-state index contributed by atoms with van der Waals surface area (Å²) >= 11 is 0. The summed E-state index contributed by atoms with van der Waals surface area (Å²) in [5, 5.41) is 11.5. The van der Waals surface area contributed by atoms with Crippen molar-refractivity contribution in [3.05, 3.63) is 106 Å². The van der Waals surface area contributed by atoms with Crippen LogP contribution in [-0.2, 0) is 13.6 Å². The molecule has 6 nitrogen and oxygen atoms in total. The highest BCUT2D eigenvalue weighted by atomic mass is 19.1. The van der Waals surface area contributed by atoms with E-state index >= 15 is 0 Å². The van der Waals surface area contributed by atoms with Crippen molar-refractivity contribution in [1.29, 1.82) is 5.41 Å². The van der Waals surface area contributed by atoms with Crippen LogP contribution < -0.4 is 10.9 Å². The van der Waals surface area contributed by atoms with Gasteiger partial charge in [0.05, 0.1) is 12.6 Å². The van der Waals surface area contributed by atoms with Gasteiger partial charge in [-0.1, -0.05) is 12.1 Å². The number of amides is 1. The van der Waals surface area contributed by atoms with Crippen LogP contribution in [0.1, 0.15) is 51.5 Å². The first-order valence-electron chi connectivity index (χ1n) is 12.3. The average molecular weight is 502 g/mol. The van der Waals surface area contributed by atoms with Gasteiger partial charge in [0.15, 0.2) is 0 Å². The van der Waals surface area contributed by atoms with E-state index in [9.17, 15) is 13.6 Å². The van der Waals surface area contributed by atoms with Gasteiger partial charge in [0.25, 0.3) is 5.91 Å². The van der Waals surface area contributed by atoms with Gasteiger partial charge < -0.3 is 14.5 Å². The number of imidazole rings is 1. The molecule has 1 unspecified atom stereocenters. The Morgan fingerprint density at radius 3 is 2.54 bits per heavy atom. The van der Waals surface area contributed by atoms with Gasteiger partial charge >= 0.3 is 0 Å². The third-order valence-electron chi connectivity index (χ3n) is 6.99. The number of aryl methyl sites for hydroxylation is 3. The van der Waals surface area contributed by atoms with E-state index in [4.69, 9.17) is 5.41 Å². The molecule has 2 heterocycles. The first-order chi connectivity index (χ1) is 17.7. The second-order valence-electron chi connectivity index (χ2n) is 9.90. The van der Waals surface area contributed by atoms with Crippen LogP contribution in [-0.4, -0.2) is 20.0 Å². The maximum atomic E-state index is 13.9. The number of pyridine rings is 1. The second-order valence-corrected chi connectivity index (χ2v) is 9.90. The van der Waals surface area contributed by atoms with E-state index < -0.39 is 5.95 Å². The van der Waals surface area contributed by atoms with Crippen LogP contribution in [0.5, 0.6) is 0 Å². The zero-order valence-electron chi connectivity index (χ0n) is 21.1. The van der Waals surface area contributed by atoms with Gasteiger partial charge in [-0.25, -0.2) is 9.37 Å². The molecule has 0 bridgehead atoms. The third kappa shape index (κ3) is 5.23. The molecule has 0 aliphatic heterocycles. The van der Waals surface area contributed by atoms with Gasteiger partial charge in [0, 0.05) is 36.8 Å². The van der Waals surface area contributed by atoms with Crippen molar-refractivity contribution >= 4 is 5.91 Å². The molecule has 1 fully saturated rings. The highest BCUT2D eigenvalue weighted by Gasteiger charge is 2.34. The number of carbonyl (C=O) groups is 1. The van der Waals surface area contributed by atoms with Crippen molar-refractivity contribution in [3.8, 4) is 11.1 Å². The molecule has 0 saturated heterocycles. The molecule has 2 aromatic carbocycles. The molecule has 37 heavy (non-hydrogen) atoms. The fourth-order valence-electron chi connectivity index (χ4n) is 4.73. The van der Waals surface area contributed by atoms with Crippen LogP contribution in [0.3, 0.4) is 0 Å². The summed E-state index contributed by atoms with van der Waals surface area (Å²) in [6, 6.07) is 11.7. The van der Waals surface area contributed by atoms with E-state index in [1.165, 1.54) is 18.3 Å². The Kier molecular flexibility index (Phi) is 6.50. The summed E-state index contributed by atoms with van der Waals surface area (Å²) in [5.74, 6) is -0.752. The first-order valence-corrected chi connectivity index (χ1v) is 12.3. The van der Waals surface area contributed by atoms with E-state index in [0.29, 0.717) is 34.8 Å². The molecule has 1 aliphatic carbocycles. The van der Waals surface area contributed by atoms with Gasteiger partial charge in [-0.3, -0.25) is 10.2 Å². The van der Waals surface area contributed by atoms with Crippen molar-refractivity contribution < 1.29 is 13.6 Å². The summed E-state index contributed by atoms with van der Waals surface area (Å²) < 4.78 is 31.1. The van der Waals surface area contributed by atoms with Gasteiger partial charge in [-0.15, -0.1) is 0 Å². The smallest absolute Gasteiger partial charge is 0.251 e. The van der Waals surface area contributed by atoms with E-state index in [1.54, 1.807) is 54.4 Å². The zero-order chi connectivity index (χ0) is 26.3. The minimum Gasteiger partial charge on any atom is -0.345 e. The normalized spacial score (nSPS) is 14.0. The van der Waals surface area contributed by atoms with Gasteiger partial charge in [-0.2, -0.15) is 4.39 Å². The summed E-state index contributed by atoms with van der Waals surface area (Å²) in [5.41, 5.74) is 5.25. The van der Waals surface area contributed by atoms with Gasteiger partial charge in [0.2, 0.25) is 11.6 Å². The van der Waals surface area contributed by atoms with Crippen LogP contribution in [0.2, 0.25) is 0 Å². The quantitative estimate of drug-likeness (QED) is 0.342. The van der Waals surface area contributed by atoms with E-state index in [1.807, 2.05) is 18.3 Å². The molecule has 5 rings (SSSR count). The largest absolute Gasteiger partial charge is 0.345 e. The standard InChI is InChI=1S/C29H29F2N5O/c1-17-11-26(31)33-15-24(17)22-12-19(16-36-9-8-35(3)29(36)32)13-23(14-22)28(37)34-27(20-4-5-20)21-6-7-25(30)18(2)10-21/h6-15,20,27,32H,4-5,16H2,1-3H3,(H,34,37). The monoisotopic (exact) mass is 501 g/mol. The lowest BCUT2D eigenvalue weighted by molar-refractivity contribution is 0.0931. The number of nitrogens with one attached hydrogen (secondary N) is 2. The predicted molar refractivity (Wildman–Crippen MR) is 137 cm³/mol. The summed E-state index contributed by atoms with van der Waals surface area (Å²) in [7, 11) is 1.80. The van der Waals surface area contributed by atoms with Crippen molar-refractivity contribution in [2.45, 2.75) is 39.3 Å². The zero-order valence-corrected chi connectivity index (χ0v) is 21.1. The number of halogens is 2. The molecule has 2 aromatic heterocycles. The molecule has 1 atom stereocenters. The minimum atomic E-state index is -0.559. The number of benzene rings is 2. The van der Waals surface area contributed by atoms with Crippen LogP contribution in [0.15, 0.2) is 61.1 Å². The number of hydrogen-bond donors (Lipinski definition) is 2. The fourth-order valence-corrected chi connectivity index (χ4v) is 4.73. The lowest BCUT2D eigenvalue weighted by Crippen LogP contribution is -2.30. The topological polar surface area (TPSA) is 75.7 Å². The second kappa shape index (κ2) is 9.76. The Bertz CT molecular complexity index is 1550. The molecule has 8 heteroatoms. The molecule has 1 amide bonds. The van der Waals surface area contributed by atoms with Crippen molar-refractivity contribution in [1.82, 2.24) is 19.4 Å². The van der Waals surface area contributed by atoms with E-state index in [0.717, 1.165) is 35.1 Å². The molecular weight excluding hydrogens is 472 g/mol. The van der Waals surface area contributed by atoms with E-state index in [-0.39, 0.29) is 17.8 Å². The summed E-state index contributed by atoms with van der Waals surface area (Å²) in [6.07, 6.45) is 7.11. The summed E-state index contributed by atoms with van der Waals surface area (Å²) in [6.45, 7) is 3.92. The molecule has 2 N–H and O–H groups in total. The third-order valence-corrected chi connectivity index (χ3v) is 6.99. The Morgan fingerprint density at radius 1 is 1.11 bits per heavy atom. The number of nitrogens with zero attached hydrogens (tertiary/aromatic N) is 3. The highest BCUT2D eigenvalue weighted by Crippen LogP contribution is 2.41. The predicted octanol–water partition coefficient (Wildman–Crippen LogP) is 5.19. The Balaban J connectivity index is 1.52. The number of carbonyl (C=O) groups excluding carboxylic acids is 1. The highest BCUT2D eigenvalue weighted by molar-refractivity contribution is 5.96. The van der Waals surface area contributed by atoms with Gasteiger partial charge in [0.1, 0.15) is 5.82 Å². The molecule has 0 spiro atoms. The van der Waals surface area contributed by atoms with Crippen molar-refractivity contribution in [3.63, 3.8) is 0 Å². The van der Waals surface area contributed by atoms with Crippen LogP contribution in [0.4, 0.5) is 8.78 Å². The maximum absolute atomic E-state index is 13.9. The summed E-state index contributed by atoms with van der Waals surface area (Å²) in [4.78, 5) is 17.4. The molecule has 190 valence electrons. The van der Waals surface area contributed by atoms with Crippen molar-refractivity contribution in [2.75, 3.05) is 0 Å². The lowest BCUT2D eigenvalue weighted by Gasteiger charge is -2.20. The average Bonchev–Trinajstić information content (AvgIpc) is 3.66. The van der Waals surface area contributed by atoms with Crippen LogP contribution in [0.25, 0.3) is 11.1 Å².